The van der Waals surface area contributed by atoms with Gasteiger partial charge in [0, 0.05) is 29.8 Å². The first-order valence-corrected chi connectivity index (χ1v) is 12.3. The van der Waals surface area contributed by atoms with Crippen LogP contribution in [0.5, 0.6) is 0 Å². The summed E-state index contributed by atoms with van der Waals surface area (Å²) < 4.78 is 53.5. The van der Waals surface area contributed by atoms with E-state index in [9.17, 15) is 37.3 Å². The quantitative estimate of drug-likeness (QED) is 0.0554. The smallest absolute Gasteiger partial charge is 0.397 e. The third-order valence-electron chi connectivity index (χ3n) is 6.12. The van der Waals surface area contributed by atoms with Gasteiger partial charge in [0.15, 0.2) is 0 Å². The number of carbonyl (C=O) groups is 2. The maximum atomic E-state index is 13.8. The van der Waals surface area contributed by atoms with Gasteiger partial charge in [0.2, 0.25) is 0 Å². The van der Waals surface area contributed by atoms with Crippen molar-refractivity contribution in [3.05, 3.63) is 135 Å². The molecule has 12 heteroatoms. The van der Waals surface area contributed by atoms with Crippen molar-refractivity contribution in [3.63, 3.8) is 0 Å². The van der Waals surface area contributed by atoms with Crippen LogP contribution in [0, 0.1) is 15.9 Å². The van der Waals surface area contributed by atoms with Gasteiger partial charge in [0.25, 0.3) is 17.5 Å². The molecule has 0 aliphatic carbocycles. The molecule has 4 aromatic carbocycles. The molecule has 4 rings (SSSR count). The predicted molar refractivity (Wildman–Crippen MR) is 149 cm³/mol. The third kappa shape index (κ3) is 7.16. The molecule has 2 amide bonds. The van der Waals surface area contributed by atoms with E-state index in [1.807, 2.05) is 0 Å². The van der Waals surface area contributed by atoms with E-state index in [2.05, 4.69) is 10.6 Å². The molecular weight excluding hydrogens is 556 g/mol. The molecule has 4 N–H and O–H groups in total. The number of nitro groups is 1. The second-order valence-corrected chi connectivity index (χ2v) is 9.02. The van der Waals surface area contributed by atoms with Crippen molar-refractivity contribution in [2.45, 2.75) is 12.7 Å². The largest absolute Gasteiger partial charge is 0.419 e. The van der Waals surface area contributed by atoms with Gasteiger partial charge in [-0.15, -0.1) is 0 Å². The van der Waals surface area contributed by atoms with Crippen LogP contribution in [-0.2, 0) is 17.5 Å². The number of nitrogen functional groups attached to an aromatic ring is 1. The Hall–Kier alpha value is -5.52. The number of nitrogens with two attached hydrogens (primary N) is 1. The number of rotatable bonds is 8. The SMILES string of the molecule is Nc1ccccc1NC(=O)c1ccc(CNC(=O)C(=Cc2ccc(F)c(C(F)(F)F)c2)c2ccc([N+](=O)[O-])cc2)cc1. The number of alkyl halides is 3. The zero-order valence-electron chi connectivity index (χ0n) is 21.6. The van der Waals surface area contributed by atoms with Crippen molar-refractivity contribution < 1.29 is 32.1 Å². The number of amides is 2. The van der Waals surface area contributed by atoms with E-state index < -0.39 is 34.3 Å². The molecule has 0 atom stereocenters. The minimum Gasteiger partial charge on any atom is -0.397 e. The first-order valence-electron chi connectivity index (χ1n) is 12.3. The number of nitro benzene ring substituents is 1. The van der Waals surface area contributed by atoms with Crippen LogP contribution in [0.3, 0.4) is 0 Å². The normalized spacial score (nSPS) is 11.6. The molecule has 0 spiro atoms. The van der Waals surface area contributed by atoms with Gasteiger partial charge >= 0.3 is 6.18 Å². The van der Waals surface area contributed by atoms with Crippen LogP contribution in [0.2, 0.25) is 0 Å². The van der Waals surface area contributed by atoms with Crippen molar-refractivity contribution in [1.82, 2.24) is 5.32 Å². The third-order valence-corrected chi connectivity index (χ3v) is 6.12. The van der Waals surface area contributed by atoms with E-state index in [1.165, 1.54) is 12.1 Å². The number of hydrogen-bond acceptors (Lipinski definition) is 5. The molecule has 0 heterocycles. The highest BCUT2D eigenvalue weighted by atomic mass is 19.4. The molecule has 42 heavy (non-hydrogen) atoms. The highest BCUT2D eigenvalue weighted by Crippen LogP contribution is 2.33. The molecule has 4 aromatic rings. The summed E-state index contributed by atoms with van der Waals surface area (Å²) in [6.07, 6.45) is -3.83. The highest BCUT2D eigenvalue weighted by Gasteiger charge is 2.34. The molecule has 0 aliphatic heterocycles. The summed E-state index contributed by atoms with van der Waals surface area (Å²) in [4.78, 5) is 36.2. The lowest BCUT2D eigenvalue weighted by Gasteiger charge is -2.12. The Morgan fingerprint density at radius 3 is 2.17 bits per heavy atom. The fourth-order valence-electron chi connectivity index (χ4n) is 3.92. The Labute approximate surface area is 236 Å². The fourth-order valence-corrected chi connectivity index (χ4v) is 3.92. The van der Waals surface area contributed by atoms with Gasteiger partial charge in [-0.1, -0.05) is 30.3 Å². The summed E-state index contributed by atoms with van der Waals surface area (Å²) in [5.41, 5.74) is 5.85. The van der Waals surface area contributed by atoms with E-state index in [0.717, 1.165) is 24.3 Å². The number of halogens is 4. The minimum absolute atomic E-state index is 0.0199. The summed E-state index contributed by atoms with van der Waals surface area (Å²) >= 11 is 0. The molecule has 0 unspecified atom stereocenters. The van der Waals surface area contributed by atoms with Crippen molar-refractivity contribution >= 4 is 40.5 Å². The minimum atomic E-state index is -4.96. The second-order valence-electron chi connectivity index (χ2n) is 9.02. The zero-order valence-corrected chi connectivity index (χ0v) is 21.6. The zero-order chi connectivity index (χ0) is 30.4. The van der Waals surface area contributed by atoms with Crippen molar-refractivity contribution in [1.29, 1.82) is 0 Å². The molecule has 214 valence electrons. The van der Waals surface area contributed by atoms with Gasteiger partial charge in [-0.05, 0) is 71.3 Å². The summed E-state index contributed by atoms with van der Waals surface area (Å²) in [7, 11) is 0. The Kier molecular flexibility index (Phi) is 8.65. The van der Waals surface area contributed by atoms with Crippen LogP contribution in [0.1, 0.15) is 32.6 Å². The van der Waals surface area contributed by atoms with Gasteiger partial charge in [0.1, 0.15) is 5.82 Å². The second kappa shape index (κ2) is 12.3. The molecule has 0 aliphatic rings. The van der Waals surface area contributed by atoms with Gasteiger partial charge in [-0.2, -0.15) is 13.2 Å². The lowest BCUT2D eigenvalue weighted by atomic mass is 10.00. The van der Waals surface area contributed by atoms with Crippen LogP contribution in [0.15, 0.2) is 91.0 Å². The number of anilines is 2. The maximum Gasteiger partial charge on any atom is 0.419 e. The first kappa shape index (κ1) is 29.5. The van der Waals surface area contributed by atoms with E-state index in [1.54, 1.807) is 48.5 Å². The van der Waals surface area contributed by atoms with Gasteiger partial charge in [0.05, 0.1) is 21.9 Å². The molecule has 0 radical (unpaired) electrons. The van der Waals surface area contributed by atoms with Crippen LogP contribution in [0.4, 0.5) is 34.6 Å². The number of nitrogens with one attached hydrogen (secondary N) is 2. The molecular formula is C30H22F4N4O4. The number of benzene rings is 4. The lowest BCUT2D eigenvalue weighted by Crippen LogP contribution is -2.24. The predicted octanol–water partition coefficient (Wildman–Crippen LogP) is 6.44. The monoisotopic (exact) mass is 578 g/mol. The molecule has 0 saturated carbocycles. The molecule has 0 fully saturated rings. The van der Waals surface area contributed by atoms with Crippen molar-refractivity contribution in [3.8, 4) is 0 Å². The molecule has 0 bridgehead atoms. The standard InChI is InChI=1S/C30H22F4N4O4/c31-25-14-7-19(16-24(25)30(32,33)34)15-23(20-10-12-22(13-11-20)38(41)42)29(40)36-17-18-5-8-21(9-6-18)28(39)37-27-4-2-1-3-26(27)35/h1-16H,17,35H2,(H,36,40)(H,37,39). The Balaban J connectivity index is 1.55. The van der Waals surface area contributed by atoms with Crippen LogP contribution < -0.4 is 16.4 Å². The van der Waals surface area contributed by atoms with E-state index in [4.69, 9.17) is 5.73 Å². The van der Waals surface area contributed by atoms with Gasteiger partial charge in [-0.25, -0.2) is 4.39 Å². The molecule has 8 nitrogen and oxygen atoms in total. The number of para-hydroxylation sites is 2. The van der Waals surface area contributed by atoms with Crippen LogP contribution >= 0.6 is 0 Å². The Morgan fingerprint density at radius 1 is 0.905 bits per heavy atom. The number of carbonyl (C=O) groups excluding carboxylic acids is 2. The lowest BCUT2D eigenvalue weighted by molar-refractivity contribution is -0.384. The topological polar surface area (TPSA) is 127 Å². The summed E-state index contributed by atoms with van der Waals surface area (Å²) in [6.45, 7) is -0.0199. The average molecular weight is 579 g/mol. The first-order chi connectivity index (χ1) is 19.9. The summed E-state index contributed by atoms with van der Waals surface area (Å²) in [5, 5.41) is 16.4. The van der Waals surface area contributed by atoms with Crippen LogP contribution in [0.25, 0.3) is 11.6 Å². The van der Waals surface area contributed by atoms with Crippen molar-refractivity contribution in [2.24, 2.45) is 0 Å². The molecule has 0 aromatic heterocycles. The number of hydrogen-bond donors (Lipinski definition) is 3. The summed E-state index contributed by atoms with van der Waals surface area (Å²) in [5.74, 6) is -2.57. The number of non-ortho nitro benzene ring substituents is 1. The van der Waals surface area contributed by atoms with Gasteiger partial charge in [-0.3, -0.25) is 19.7 Å². The fraction of sp³-hybridized carbons (Fsp3) is 0.0667. The van der Waals surface area contributed by atoms with E-state index >= 15 is 0 Å². The van der Waals surface area contributed by atoms with E-state index in [-0.39, 0.29) is 28.9 Å². The Bertz CT molecular complexity index is 1670. The summed E-state index contributed by atoms with van der Waals surface area (Å²) in [6, 6.07) is 20.2. The van der Waals surface area contributed by atoms with Crippen LogP contribution in [-0.4, -0.2) is 16.7 Å². The number of nitrogens with zero attached hydrogens (tertiary/aromatic N) is 1. The maximum absolute atomic E-state index is 13.8. The van der Waals surface area contributed by atoms with E-state index in [0.29, 0.717) is 34.6 Å². The van der Waals surface area contributed by atoms with Crippen molar-refractivity contribution in [2.75, 3.05) is 11.1 Å². The highest BCUT2D eigenvalue weighted by molar-refractivity contribution is 6.24. The molecule has 0 saturated heterocycles. The average Bonchev–Trinajstić information content (AvgIpc) is 2.96. The van der Waals surface area contributed by atoms with Gasteiger partial charge < -0.3 is 16.4 Å². The Morgan fingerprint density at radius 2 is 1.55 bits per heavy atom.